The molecule has 0 bridgehead atoms. The third kappa shape index (κ3) is 8.61. The molecule has 2 rings (SSSR count). The van der Waals surface area contributed by atoms with E-state index in [0.717, 1.165) is 24.0 Å². The van der Waals surface area contributed by atoms with Crippen molar-refractivity contribution >= 4 is 7.82 Å². The molecular weight excluding hydrogens is 387 g/mol. The van der Waals surface area contributed by atoms with E-state index >= 15 is 0 Å². The highest BCUT2D eigenvalue weighted by Crippen LogP contribution is 2.51. The maximum Gasteiger partial charge on any atom is 0.615 e. The molecule has 29 heavy (non-hydrogen) atoms. The number of phosphoric acid groups is 1. The van der Waals surface area contributed by atoms with Crippen molar-refractivity contribution in [3.63, 3.8) is 0 Å². The van der Waals surface area contributed by atoms with E-state index < -0.39 is 7.82 Å². The summed E-state index contributed by atoms with van der Waals surface area (Å²) in [5, 5.41) is 0. The minimum Gasteiger partial charge on any atom is -0.393 e. The smallest absolute Gasteiger partial charge is 0.393 e. The first-order chi connectivity index (χ1) is 14.0. The predicted octanol–water partition coefficient (Wildman–Crippen LogP) is 7.57. The van der Waals surface area contributed by atoms with Crippen molar-refractivity contribution in [1.82, 2.24) is 0 Å². The van der Waals surface area contributed by atoms with Crippen molar-refractivity contribution in [3.05, 3.63) is 59.7 Å². The molecule has 0 aliphatic carbocycles. The Morgan fingerprint density at radius 1 is 0.724 bits per heavy atom. The molecule has 0 aromatic heterocycles. The van der Waals surface area contributed by atoms with Crippen molar-refractivity contribution in [2.45, 2.75) is 65.7 Å². The molecule has 0 aliphatic heterocycles. The highest BCUT2D eigenvalue weighted by molar-refractivity contribution is 7.49. The lowest BCUT2D eigenvalue weighted by atomic mass is 10.1. The van der Waals surface area contributed by atoms with Gasteiger partial charge in [0.1, 0.15) is 11.5 Å². The van der Waals surface area contributed by atoms with Gasteiger partial charge in [0.2, 0.25) is 0 Å². The number of phosphoric ester groups is 1. The second-order valence-corrected chi connectivity index (χ2v) is 8.59. The van der Waals surface area contributed by atoms with Crippen LogP contribution in [0.1, 0.15) is 63.0 Å². The first-order valence-electron chi connectivity index (χ1n) is 10.5. The summed E-state index contributed by atoms with van der Waals surface area (Å²) in [4.78, 5) is 5.24. The second-order valence-electron chi connectivity index (χ2n) is 7.18. The molecule has 160 valence electrons. The minimum absolute atomic E-state index is 0.339. The van der Waals surface area contributed by atoms with Gasteiger partial charge < -0.3 is 9.05 Å². The molecule has 0 amide bonds. The molecule has 2 aromatic rings. The molecule has 0 N–H and O–H groups in total. The van der Waals surface area contributed by atoms with Crippen LogP contribution in [0.25, 0.3) is 0 Å². The van der Waals surface area contributed by atoms with E-state index in [1.54, 1.807) is 24.3 Å². The third-order valence-corrected chi connectivity index (χ3v) is 5.71. The molecule has 0 saturated carbocycles. The van der Waals surface area contributed by atoms with Crippen LogP contribution in [-0.4, -0.2) is 6.61 Å². The van der Waals surface area contributed by atoms with Crippen LogP contribution < -0.4 is 9.05 Å². The van der Waals surface area contributed by atoms with Crippen LogP contribution in [-0.2, 0) is 14.1 Å². The van der Waals surface area contributed by atoms with E-state index in [4.69, 9.17) is 18.6 Å². The third-order valence-electron chi connectivity index (χ3n) is 4.58. The van der Waals surface area contributed by atoms with E-state index in [0.29, 0.717) is 18.1 Å². The van der Waals surface area contributed by atoms with Gasteiger partial charge in [0, 0.05) is 0 Å². The van der Waals surface area contributed by atoms with Crippen LogP contribution in [0.4, 0.5) is 0 Å². The molecule has 5 nitrogen and oxygen atoms in total. The van der Waals surface area contributed by atoms with Crippen LogP contribution in [0, 0.1) is 13.8 Å². The maximum absolute atomic E-state index is 13.3. The zero-order valence-corrected chi connectivity index (χ0v) is 18.7. The average Bonchev–Trinajstić information content (AvgIpc) is 2.70. The fourth-order valence-electron chi connectivity index (χ4n) is 2.83. The summed E-state index contributed by atoms with van der Waals surface area (Å²) in [5.41, 5.74) is 1.66. The standard InChI is InChI=1S/C23H33O5P/c1-4-5-6-7-8-9-14-19-25-28-29(24,26-22-17-12-10-15-20(22)2)27-23-18-13-11-16-21(23)3/h10-13,15-18H,4-9,14,19H2,1-3H3. The van der Waals surface area contributed by atoms with Gasteiger partial charge in [-0.2, -0.15) is 0 Å². The van der Waals surface area contributed by atoms with E-state index in [-0.39, 0.29) is 0 Å². The molecule has 2 aromatic carbocycles. The summed E-state index contributed by atoms with van der Waals surface area (Å²) in [6.45, 7) is 6.28. The maximum atomic E-state index is 13.3. The summed E-state index contributed by atoms with van der Waals surface area (Å²) in [5.74, 6) is 0.868. The second kappa shape index (κ2) is 12.7. The summed E-state index contributed by atoms with van der Waals surface area (Å²) in [6, 6.07) is 14.6. The monoisotopic (exact) mass is 420 g/mol. The molecule has 0 heterocycles. The van der Waals surface area contributed by atoms with Crippen LogP contribution >= 0.6 is 7.82 Å². The minimum atomic E-state index is -4.01. The van der Waals surface area contributed by atoms with E-state index in [9.17, 15) is 4.57 Å². The predicted molar refractivity (Wildman–Crippen MR) is 116 cm³/mol. The normalized spacial score (nSPS) is 11.4. The van der Waals surface area contributed by atoms with Gasteiger partial charge in [0.25, 0.3) is 0 Å². The quantitative estimate of drug-likeness (QED) is 0.137. The Labute approximate surface area is 174 Å². The van der Waals surface area contributed by atoms with E-state index in [1.807, 2.05) is 38.1 Å². The Balaban J connectivity index is 1.92. The molecule has 6 heteroatoms. The number of unbranched alkanes of at least 4 members (excludes halogenated alkanes) is 6. The average molecular weight is 420 g/mol. The lowest BCUT2D eigenvalue weighted by molar-refractivity contribution is -0.220. The topological polar surface area (TPSA) is 54.0 Å². The van der Waals surface area contributed by atoms with E-state index in [2.05, 4.69) is 6.92 Å². The number of para-hydroxylation sites is 2. The number of hydrogen-bond acceptors (Lipinski definition) is 5. The Morgan fingerprint density at radius 3 is 1.72 bits per heavy atom. The fourth-order valence-corrected chi connectivity index (χ4v) is 4.02. The lowest BCUT2D eigenvalue weighted by Gasteiger charge is -2.19. The first-order valence-corrected chi connectivity index (χ1v) is 11.9. The van der Waals surface area contributed by atoms with Crippen molar-refractivity contribution in [2.24, 2.45) is 0 Å². The van der Waals surface area contributed by atoms with Crippen molar-refractivity contribution in [1.29, 1.82) is 0 Å². The molecule has 0 spiro atoms. The van der Waals surface area contributed by atoms with E-state index in [1.165, 1.54) is 32.1 Å². The Morgan fingerprint density at radius 2 is 1.21 bits per heavy atom. The Kier molecular flexibility index (Phi) is 10.3. The van der Waals surface area contributed by atoms with Crippen LogP contribution in [0.5, 0.6) is 11.5 Å². The number of rotatable bonds is 14. The highest BCUT2D eigenvalue weighted by atomic mass is 31.2. The highest BCUT2D eigenvalue weighted by Gasteiger charge is 2.33. The van der Waals surface area contributed by atoms with Crippen LogP contribution in [0.15, 0.2) is 48.5 Å². The molecule has 0 aliphatic rings. The van der Waals surface area contributed by atoms with Gasteiger partial charge in [-0.3, -0.25) is 0 Å². The van der Waals surface area contributed by atoms with Crippen molar-refractivity contribution < 1.29 is 23.2 Å². The molecule has 0 unspecified atom stereocenters. The van der Waals surface area contributed by atoms with Crippen LogP contribution in [0.3, 0.4) is 0 Å². The van der Waals surface area contributed by atoms with Gasteiger partial charge in [-0.25, -0.2) is 9.45 Å². The Hall–Kier alpha value is -1.81. The SMILES string of the molecule is CCCCCCCCCOOP(=O)(Oc1ccccc1C)Oc1ccccc1C. The van der Waals surface area contributed by atoms with Gasteiger partial charge in [-0.15, -0.1) is 4.67 Å². The summed E-state index contributed by atoms with van der Waals surface area (Å²) in [7, 11) is -4.01. The number of hydrogen-bond donors (Lipinski definition) is 0. The van der Waals surface area contributed by atoms with Gasteiger partial charge in [-0.1, -0.05) is 81.8 Å². The summed E-state index contributed by atoms with van der Waals surface area (Å²) < 4.78 is 29.8. The van der Waals surface area contributed by atoms with Gasteiger partial charge in [0.05, 0.1) is 6.61 Å². The van der Waals surface area contributed by atoms with Gasteiger partial charge in [-0.05, 0) is 43.5 Å². The van der Waals surface area contributed by atoms with Crippen LogP contribution in [0.2, 0.25) is 0 Å². The van der Waals surface area contributed by atoms with Crippen molar-refractivity contribution in [3.8, 4) is 11.5 Å². The number of aryl methyl sites for hydroxylation is 2. The summed E-state index contributed by atoms with van der Waals surface area (Å²) in [6.07, 6.45) is 8.09. The molecular formula is C23H33O5P. The van der Waals surface area contributed by atoms with Crippen molar-refractivity contribution in [2.75, 3.05) is 6.61 Å². The Bertz CT molecular complexity index is 726. The van der Waals surface area contributed by atoms with Gasteiger partial charge >= 0.3 is 7.82 Å². The lowest BCUT2D eigenvalue weighted by Crippen LogP contribution is -2.08. The zero-order valence-electron chi connectivity index (χ0n) is 17.8. The first kappa shape index (κ1) is 23.5. The fraction of sp³-hybridized carbons (Fsp3) is 0.478. The molecule has 0 fully saturated rings. The largest absolute Gasteiger partial charge is 0.615 e. The van der Waals surface area contributed by atoms with Gasteiger partial charge in [0.15, 0.2) is 0 Å². The summed E-state index contributed by atoms with van der Waals surface area (Å²) >= 11 is 0. The molecule has 0 radical (unpaired) electrons. The zero-order chi connectivity index (χ0) is 21.0. The molecule has 0 atom stereocenters. The molecule has 0 saturated heterocycles. The number of benzene rings is 2.